The van der Waals surface area contributed by atoms with Gasteiger partial charge in [0.1, 0.15) is 5.54 Å². The predicted octanol–water partition coefficient (Wildman–Crippen LogP) is 1.07. The number of hydrogen-bond acceptors (Lipinski definition) is 3. The Morgan fingerprint density at radius 3 is 2.50 bits per heavy atom. The Balaban J connectivity index is 1.98. The van der Waals surface area contributed by atoms with Crippen molar-refractivity contribution in [2.75, 3.05) is 26.2 Å². The Labute approximate surface area is 97.0 Å². The van der Waals surface area contributed by atoms with Gasteiger partial charge in [-0.25, -0.2) is 0 Å². The molecule has 2 fully saturated rings. The minimum atomic E-state index is -0.671. The molecule has 92 valence electrons. The normalized spacial score (nSPS) is 32.5. The number of carboxylic acids is 1. The second kappa shape index (κ2) is 5.15. The Morgan fingerprint density at radius 1 is 1.19 bits per heavy atom. The van der Waals surface area contributed by atoms with Crippen molar-refractivity contribution in [3.63, 3.8) is 0 Å². The SMILES string of the molecule is O=C(O)C1(CN2CCCCC2)CCCCN1. The summed E-state index contributed by atoms with van der Waals surface area (Å²) < 4.78 is 0. The zero-order valence-corrected chi connectivity index (χ0v) is 9.87. The van der Waals surface area contributed by atoms with E-state index in [2.05, 4.69) is 10.2 Å². The standard InChI is InChI=1S/C12H22N2O2/c15-11(16)12(6-2-3-7-13-12)10-14-8-4-1-5-9-14/h13H,1-10H2,(H,15,16). The summed E-state index contributed by atoms with van der Waals surface area (Å²) >= 11 is 0. The molecule has 0 bridgehead atoms. The van der Waals surface area contributed by atoms with Crippen molar-refractivity contribution in [1.82, 2.24) is 10.2 Å². The van der Waals surface area contributed by atoms with E-state index in [0.29, 0.717) is 6.54 Å². The summed E-state index contributed by atoms with van der Waals surface area (Å²) in [5.74, 6) is -0.669. The van der Waals surface area contributed by atoms with Gasteiger partial charge >= 0.3 is 5.97 Å². The average Bonchev–Trinajstić information content (AvgIpc) is 2.31. The third-order valence-corrected chi connectivity index (χ3v) is 3.85. The van der Waals surface area contributed by atoms with Crippen LogP contribution in [-0.2, 0) is 4.79 Å². The van der Waals surface area contributed by atoms with Crippen LogP contribution in [0.3, 0.4) is 0 Å². The lowest BCUT2D eigenvalue weighted by molar-refractivity contribution is -0.147. The predicted molar refractivity (Wildman–Crippen MR) is 62.5 cm³/mol. The Kier molecular flexibility index (Phi) is 3.82. The van der Waals surface area contributed by atoms with E-state index < -0.39 is 11.5 Å². The van der Waals surface area contributed by atoms with E-state index in [0.717, 1.165) is 38.9 Å². The van der Waals surface area contributed by atoms with Gasteiger partial charge in [-0.3, -0.25) is 4.79 Å². The summed E-state index contributed by atoms with van der Waals surface area (Å²) in [6.45, 7) is 3.66. The molecule has 2 saturated heterocycles. The lowest BCUT2D eigenvalue weighted by Crippen LogP contribution is -2.61. The van der Waals surface area contributed by atoms with Crippen LogP contribution in [0.25, 0.3) is 0 Å². The minimum absolute atomic E-state index is 0.669. The van der Waals surface area contributed by atoms with Gasteiger partial charge in [0.05, 0.1) is 0 Å². The number of nitrogens with one attached hydrogen (secondary N) is 1. The van der Waals surface area contributed by atoms with Crippen molar-refractivity contribution in [2.45, 2.75) is 44.1 Å². The van der Waals surface area contributed by atoms with Crippen LogP contribution >= 0.6 is 0 Å². The van der Waals surface area contributed by atoms with Gasteiger partial charge in [0.2, 0.25) is 0 Å². The quantitative estimate of drug-likeness (QED) is 0.756. The maximum atomic E-state index is 11.5. The van der Waals surface area contributed by atoms with Crippen molar-refractivity contribution in [3.8, 4) is 0 Å². The maximum absolute atomic E-state index is 11.5. The van der Waals surface area contributed by atoms with Crippen LogP contribution in [0.1, 0.15) is 38.5 Å². The van der Waals surface area contributed by atoms with Crippen LogP contribution in [0, 0.1) is 0 Å². The average molecular weight is 226 g/mol. The summed E-state index contributed by atoms with van der Waals surface area (Å²) in [7, 11) is 0. The van der Waals surface area contributed by atoms with Crippen LogP contribution in [0.4, 0.5) is 0 Å². The number of likely N-dealkylation sites (tertiary alicyclic amines) is 1. The topological polar surface area (TPSA) is 52.6 Å². The molecule has 0 saturated carbocycles. The van der Waals surface area contributed by atoms with E-state index in [-0.39, 0.29) is 0 Å². The van der Waals surface area contributed by atoms with Crippen molar-refractivity contribution < 1.29 is 9.90 Å². The molecule has 0 aliphatic carbocycles. The number of piperidine rings is 2. The van der Waals surface area contributed by atoms with E-state index in [1.165, 1.54) is 19.3 Å². The molecular weight excluding hydrogens is 204 g/mol. The lowest BCUT2D eigenvalue weighted by Gasteiger charge is -2.39. The van der Waals surface area contributed by atoms with Crippen molar-refractivity contribution >= 4 is 5.97 Å². The third kappa shape index (κ3) is 2.55. The third-order valence-electron chi connectivity index (χ3n) is 3.85. The largest absolute Gasteiger partial charge is 0.480 e. The zero-order valence-electron chi connectivity index (χ0n) is 9.87. The summed E-state index contributed by atoms with van der Waals surface area (Å²) in [6, 6.07) is 0. The molecule has 0 aromatic heterocycles. The highest BCUT2D eigenvalue weighted by atomic mass is 16.4. The monoisotopic (exact) mass is 226 g/mol. The van der Waals surface area contributed by atoms with Crippen molar-refractivity contribution in [1.29, 1.82) is 0 Å². The molecule has 2 rings (SSSR count). The Morgan fingerprint density at radius 2 is 1.94 bits per heavy atom. The number of carbonyl (C=O) groups is 1. The lowest BCUT2D eigenvalue weighted by atomic mass is 9.88. The summed E-state index contributed by atoms with van der Waals surface area (Å²) in [6.07, 6.45) is 6.65. The zero-order chi connectivity index (χ0) is 11.4. The van der Waals surface area contributed by atoms with E-state index in [1.807, 2.05) is 0 Å². The summed E-state index contributed by atoms with van der Waals surface area (Å²) in [4.78, 5) is 13.8. The second-order valence-corrected chi connectivity index (χ2v) is 5.11. The van der Waals surface area contributed by atoms with Crippen molar-refractivity contribution in [2.24, 2.45) is 0 Å². The fourth-order valence-corrected chi connectivity index (χ4v) is 2.85. The molecule has 2 N–H and O–H groups in total. The summed E-state index contributed by atoms with van der Waals surface area (Å²) in [5.41, 5.74) is -0.671. The van der Waals surface area contributed by atoms with E-state index in [1.54, 1.807) is 0 Å². The number of carboxylic acid groups (broad SMARTS) is 1. The molecule has 0 amide bonds. The number of hydrogen-bond donors (Lipinski definition) is 2. The van der Waals surface area contributed by atoms with Gasteiger partial charge in [-0.1, -0.05) is 6.42 Å². The molecule has 16 heavy (non-hydrogen) atoms. The molecule has 2 aliphatic rings. The van der Waals surface area contributed by atoms with Crippen molar-refractivity contribution in [3.05, 3.63) is 0 Å². The van der Waals surface area contributed by atoms with Gasteiger partial charge in [0, 0.05) is 6.54 Å². The first-order valence-corrected chi connectivity index (χ1v) is 6.44. The van der Waals surface area contributed by atoms with Gasteiger partial charge in [-0.15, -0.1) is 0 Å². The fraction of sp³-hybridized carbons (Fsp3) is 0.917. The molecule has 0 aromatic rings. The minimum Gasteiger partial charge on any atom is -0.480 e. The molecule has 0 radical (unpaired) electrons. The van der Waals surface area contributed by atoms with E-state index in [9.17, 15) is 9.90 Å². The molecule has 2 aliphatic heterocycles. The molecule has 0 spiro atoms. The van der Waals surface area contributed by atoms with Crippen LogP contribution in [-0.4, -0.2) is 47.7 Å². The maximum Gasteiger partial charge on any atom is 0.325 e. The second-order valence-electron chi connectivity index (χ2n) is 5.11. The first-order valence-electron chi connectivity index (χ1n) is 6.44. The molecule has 4 heteroatoms. The highest BCUT2D eigenvalue weighted by Crippen LogP contribution is 2.22. The van der Waals surface area contributed by atoms with Crippen LogP contribution < -0.4 is 5.32 Å². The van der Waals surface area contributed by atoms with E-state index in [4.69, 9.17) is 0 Å². The van der Waals surface area contributed by atoms with Gasteiger partial charge in [-0.2, -0.15) is 0 Å². The van der Waals surface area contributed by atoms with Crippen LogP contribution in [0.2, 0.25) is 0 Å². The highest BCUT2D eigenvalue weighted by Gasteiger charge is 2.40. The van der Waals surface area contributed by atoms with Gasteiger partial charge in [0.15, 0.2) is 0 Å². The molecule has 1 unspecified atom stereocenters. The molecule has 2 heterocycles. The first kappa shape index (κ1) is 11.9. The molecule has 0 aromatic carbocycles. The van der Waals surface area contributed by atoms with Crippen LogP contribution in [0.5, 0.6) is 0 Å². The van der Waals surface area contributed by atoms with E-state index >= 15 is 0 Å². The molecule has 1 atom stereocenters. The fourth-order valence-electron chi connectivity index (χ4n) is 2.85. The van der Waals surface area contributed by atoms with Gasteiger partial charge in [0.25, 0.3) is 0 Å². The number of aliphatic carboxylic acids is 1. The number of rotatable bonds is 3. The molecule has 4 nitrogen and oxygen atoms in total. The highest BCUT2D eigenvalue weighted by molar-refractivity contribution is 5.79. The van der Waals surface area contributed by atoms with Crippen LogP contribution in [0.15, 0.2) is 0 Å². The van der Waals surface area contributed by atoms with Gasteiger partial charge < -0.3 is 15.3 Å². The Bertz CT molecular complexity index is 243. The first-order chi connectivity index (χ1) is 7.73. The number of nitrogens with zero attached hydrogens (tertiary/aromatic N) is 1. The summed E-state index contributed by atoms with van der Waals surface area (Å²) in [5, 5.41) is 12.7. The van der Waals surface area contributed by atoms with Gasteiger partial charge in [-0.05, 0) is 51.7 Å². The Hall–Kier alpha value is -0.610. The smallest absolute Gasteiger partial charge is 0.325 e. The molecular formula is C12H22N2O2.